The van der Waals surface area contributed by atoms with Gasteiger partial charge in [-0.3, -0.25) is 4.40 Å². The van der Waals surface area contributed by atoms with Crippen LogP contribution in [0.2, 0.25) is 0 Å². The molecular weight excluding hydrogens is 262 g/mol. The van der Waals surface area contributed by atoms with Crippen LogP contribution >= 0.6 is 11.8 Å². The number of aromatic nitrogens is 3. The van der Waals surface area contributed by atoms with Crippen LogP contribution < -0.4 is 0 Å². The summed E-state index contributed by atoms with van der Waals surface area (Å²) in [5.74, 6) is 1.15. The quantitative estimate of drug-likeness (QED) is 0.932. The molecule has 1 N–H and O–H groups in total. The van der Waals surface area contributed by atoms with Gasteiger partial charge in [-0.15, -0.1) is 10.2 Å². The van der Waals surface area contributed by atoms with E-state index in [4.69, 9.17) is 5.11 Å². The second-order valence-corrected chi connectivity index (χ2v) is 6.17. The molecule has 0 radical (unpaired) electrons. The fourth-order valence-corrected chi connectivity index (χ4v) is 3.68. The van der Waals surface area contributed by atoms with Crippen molar-refractivity contribution < 1.29 is 9.90 Å². The smallest absolute Gasteiger partial charge is 0.337 e. The van der Waals surface area contributed by atoms with E-state index in [9.17, 15) is 4.79 Å². The number of carboxylic acids is 1. The predicted octanol–water partition coefficient (Wildman–Crippen LogP) is 2.26. The maximum Gasteiger partial charge on any atom is 0.337 e. The van der Waals surface area contributed by atoms with Crippen LogP contribution in [0.15, 0.2) is 18.3 Å². The molecule has 1 aliphatic heterocycles. The molecule has 3 heterocycles. The van der Waals surface area contributed by atoms with Crippen molar-refractivity contribution in [3.8, 4) is 0 Å². The highest BCUT2D eigenvalue weighted by molar-refractivity contribution is 7.99. The average Bonchev–Trinajstić information content (AvgIpc) is 2.82. The minimum absolute atomic E-state index is 0.268. The van der Waals surface area contributed by atoms with E-state index in [1.165, 1.54) is 25.0 Å². The Labute approximate surface area is 115 Å². The molecule has 1 unspecified atom stereocenters. The zero-order valence-corrected chi connectivity index (χ0v) is 11.3. The van der Waals surface area contributed by atoms with E-state index >= 15 is 0 Å². The number of thioether (sulfide) groups is 1. The lowest BCUT2D eigenvalue weighted by atomic mass is 10.1. The molecule has 0 amide bonds. The molecule has 100 valence electrons. The molecule has 2 aromatic rings. The predicted molar refractivity (Wildman–Crippen MR) is 73.7 cm³/mol. The number of aromatic carboxylic acids is 1. The molecule has 1 atom stereocenters. The maximum absolute atomic E-state index is 11.0. The molecule has 0 aliphatic carbocycles. The zero-order chi connectivity index (χ0) is 13.2. The molecule has 3 rings (SSSR count). The summed E-state index contributed by atoms with van der Waals surface area (Å²) < 4.78 is 1.80. The minimum Gasteiger partial charge on any atom is -0.478 e. The number of fused-ring (bicyclic) bond motifs is 1. The van der Waals surface area contributed by atoms with E-state index in [0.717, 1.165) is 12.2 Å². The Morgan fingerprint density at radius 2 is 2.32 bits per heavy atom. The van der Waals surface area contributed by atoms with Crippen LogP contribution in [0.25, 0.3) is 5.65 Å². The highest BCUT2D eigenvalue weighted by Crippen LogP contribution is 2.27. The summed E-state index contributed by atoms with van der Waals surface area (Å²) in [6, 6.07) is 3.26. The van der Waals surface area contributed by atoms with Crippen LogP contribution in [-0.4, -0.2) is 36.7 Å². The SMILES string of the molecule is O=C(O)c1ccc2nnc(CC3CCCCS3)n2c1. The van der Waals surface area contributed by atoms with E-state index in [2.05, 4.69) is 10.2 Å². The van der Waals surface area contributed by atoms with Gasteiger partial charge < -0.3 is 5.11 Å². The lowest BCUT2D eigenvalue weighted by Crippen LogP contribution is -2.14. The number of rotatable bonds is 3. The third-order valence-corrected chi connectivity index (χ3v) is 4.80. The van der Waals surface area contributed by atoms with Crippen molar-refractivity contribution >= 4 is 23.4 Å². The molecule has 1 aliphatic rings. The van der Waals surface area contributed by atoms with Crippen LogP contribution in [0.4, 0.5) is 0 Å². The van der Waals surface area contributed by atoms with Crippen molar-refractivity contribution in [1.29, 1.82) is 0 Å². The first kappa shape index (κ1) is 12.5. The number of hydrogen-bond donors (Lipinski definition) is 1. The minimum atomic E-state index is -0.923. The summed E-state index contributed by atoms with van der Waals surface area (Å²) in [5.41, 5.74) is 0.977. The van der Waals surface area contributed by atoms with Gasteiger partial charge in [0.05, 0.1) is 5.56 Å². The maximum atomic E-state index is 11.0. The Bertz CT molecular complexity index is 605. The first-order chi connectivity index (χ1) is 9.24. The van der Waals surface area contributed by atoms with Gasteiger partial charge in [0.1, 0.15) is 5.82 Å². The van der Waals surface area contributed by atoms with Gasteiger partial charge >= 0.3 is 5.97 Å². The lowest BCUT2D eigenvalue weighted by Gasteiger charge is -2.20. The van der Waals surface area contributed by atoms with Gasteiger partial charge in [0, 0.05) is 17.9 Å². The van der Waals surface area contributed by atoms with Gasteiger partial charge in [-0.1, -0.05) is 6.42 Å². The second-order valence-electron chi connectivity index (χ2n) is 4.76. The molecule has 6 heteroatoms. The monoisotopic (exact) mass is 277 g/mol. The molecule has 2 aromatic heterocycles. The number of carboxylic acid groups (broad SMARTS) is 1. The van der Waals surface area contributed by atoms with Crippen molar-refractivity contribution in [2.45, 2.75) is 30.9 Å². The molecule has 0 saturated carbocycles. The van der Waals surface area contributed by atoms with E-state index in [0.29, 0.717) is 10.9 Å². The molecule has 0 bridgehead atoms. The van der Waals surface area contributed by atoms with Gasteiger partial charge in [0.2, 0.25) is 0 Å². The van der Waals surface area contributed by atoms with Crippen molar-refractivity contribution in [3.63, 3.8) is 0 Å². The summed E-state index contributed by atoms with van der Waals surface area (Å²) in [5, 5.41) is 17.9. The largest absolute Gasteiger partial charge is 0.478 e. The van der Waals surface area contributed by atoms with Gasteiger partial charge in [-0.2, -0.15) is 11.8 Å². The molecule has 5 nitrogen and oxygen atoms in total. The summed E-state index contributed by atoms with van der Waals surface area (Å²) in [6.45, 7) is 0. The second kappa shape index (κ2) is 5.21. The number of hydrogen-bond acceptors (Lipinski definition) is 4. The van der Waals surface area contributed by atoms with Gasteiger partial charge in [0.25, 0.3) is 0 Å². The van der Waals surface area contributed by atoms with Gasteiger partial charge in [-0.05, 0) is 30.7 Å². The molecule has 0 spiro atoms. The van der Waals surface area contributed by atoms with E-state index in [1.807, 2.05) is 11.8 Å². The van der Waals surface area contributed by atoms with Crippen molar-refractivity contribution in [2.24, 2.45) is 0 Å². The van der Waals surface area contributed by atoms with Crippen molar-refractivity contribution in [3.05, 3.63) is 29.7 Å². The average molecular weight is 277 g/mol. The Hall–Kier alpha value is -1.56. The summed E-state index contributed by atoms with van der Waals surface area (Å²) in [4.78, 5) is 11.0. The summed E-state index contributed by atoms with van der Waals surface area (Å²) in [7, 11) is 0. The Morgan fingerprint density at radius 3 is 3.05 bits per heavy atom. The van der Waals surface area contributed by atoms with Crippen LogP contribution in [-0.2, 0) is 6.42 Å². The molecule has 1 fully saturated rings. The van der Waals surface area contributed by atoms with Gasteiger partial charge in [-0.25, -0.2) is 4.79 Å². The third-order valence-electron chi connectivity index (χ3n) is 3.40. The summed E-state index contributed by atoms with van der Waals surface area (Å²) >= 11 is 1.98. The molecule has 19 heavy (non-hydrogen) atoms. The standard InChI is InChI=1S/C13H15N3O2S/c17-13(18)9-4-5-11-14-15-12(16(11)8-9)7-10-3-1-2-6-19-10/h4-5,8,10H,1-3,6-7H2,(H,17,18). The molecular formula is C13H15N3O2S. The van der Waals surface area contributed by atoms with E-state index in [-0.39, 0.29) is 5.56 Å². The number of nitrogens with zero attached hydrogens (tertiary/aromatic N) is 3. The Kier molecular flexibility index (Phi) is 3.42. The molecule has 1 saturated heterocycles. The zero-order valence-electron chi connectivity index (χ0n) is 10.5. The molecule has 0 aromatic carbocycles. The fourth-order valence-electron chi connectivity index (χ4n) is 2.38. The van der Waals surface area contributed by atoms with Crippen LogP contribution in [0.5, 0.6) is 0 Å². The van der Waals surface area contributed by atoms with E-state index < -0.39 is 5.97 Å². The number of pyridine rings is 1. The fraction of sp³-hybridized carbons (Fsp3) is 0.462. The first-order valence-corrected chi connectivity index (χ1v) is 7.47. The normalized spacial score (nSPS) is 19.7. The van der Waals surface area contributed by atoms with Crippen molar-refractivity contribution in [1.82, 2.24) is 14.6 Å². The first-order valence-electron chi connectivity index (χ1n) is 6.42. The van der Waals surface area contributed by atoms with Gasteiger partial charge in [0.15, 0.2) is 5.65 Å². The van der Waals surface area contributed by atoms with Crippen LogP contribution in [0.1, 0.15) is 35.4 Å². The Balaban J connectivity index is 1.89. The highest BCUT2D eigenvalue weighted by atomic mass is 32.2. The number of carbonyl (C=O) groups is 1. The summed E-state index contributed by atoms with van der Waals surface area (Å²) in [6.07, 6.45) is 6.24. The third kappa shape index (κ3) is 2.58. The van der Waals surface area contributed by atoms with Crippen LogP contribution in [0, 0.1) is 0 Å². The highest BCUT2D eigenvalue weighted by Gasteiger charge is 2.18. The lowest BCUT2D eigenvalue weighted by molar-refractivity contribution is 0.0696. The van der Waals surface area contributed by atoms with E-state index in [1.54, 1.807) is 22.7 Å². The van der Waals surface area contributed by atoms with Crippen molar-refractivity contribution in [2.75, 3.05) is 5.75 Å². The Morgan fingerprint density at radius 1 is 1.42 bits per heavy atom. The van der Waals surface area contributed by atoms with Crippen LogP contribution in [0.3, 0.4) is 0 Å². The topological polar surface area (TPSA) is 67.5 Å².